The van der Waals surface area contributed by atoms with Gasteiger partial charge in [-0.1, -0.05) is 48.0 Å². The quantitative estimate of drug-likeness (QED) is 0.665. The molecule has 0 bridgehead atoms. The molecule has 1 amide bonds. The number of anilines is 1. The molecule has 0 heterocycles. The predicted octanol–water partition coefficient (Wildman–Crippen LogP) is 3.37. The van der Waals surface area contributed by atoms with E-state index in [0.717, 1.165) is 5.56 Å². The third-order valence-corrected chi connectivity index (χ3v) is 4.13. The summed E-state index contributed by atoms with van der Waals surface area (Å²) in [6.07, 6.45) is 0. The van der Waals surface area contributed by atoms with E-state index in [9.17, 15) is 9.59 Å². The highest BCUT2D eigenvalue weighted by atomic mass is 35.5. The molecule has 0 spiro atoms. The van der Waals surface area contributed by atoms with E-state index in [1.165, 1.54) is 4.90 Å². The fourth-order valence-electron chi connectivity index (χ4n) is 2.56. The summed E-state index contributed by atoms with van der Waals surface area (Å²) >= 11 is 6.18. The Morgan fingerprint density at radius 1 is 1.00 bits per heavy atom. The van der Waals surface area contributed by atoms with Crippen molar-refractivity contribution in [2.75, 3.05) is 31.6 Å². The average Bonchev–Trinajstić information content (AvgIpc) is 2.62. The first-order chi connectivity index (χ1) is 12.5. The van der Waals surface area contributed by atoms with E-state index < -0.39 is 5.97 Å². The van der Waals surface area contributed by atoms with E-state index >= 15 is 0 Å². The molecule has 2 aromatic rings. The molecule has 2 aromatic carbocycles. The number of rotatable bonds is 8. The fourth-order valence-corrected chi connectivity index (χ4v) is 2.75. The molecule has 0 aromatic heterocycles. The number of nitrogens with zero attached hydrogens (tertiary/aromatic N) is 2. The number of para-hydroxylation sites is 1. The number of likely N-dealkylation sites (N-methyl/N-ethyl adjacent to an activating group) is 1. The van der Waals surface area contributed by atoms with Crippen LogP contribution in [0.4, 0.5) is 5.69 Å². The monoisotopic (exact) mass is 374 g/mol. The Morgan fingerprint density at radius 2 is 1.65 bits per heavy atom. The lowest BCUT2D eigenvalue weighted by Crippen LogP contribution is -2.42. The molecule has 0 unspecified atom stereocenters. The Bertz CT molecular complexity index is 737. The molecular formula is C20H23ClN2O3. The molecule has 0 fully saturated rings. The van der Waals surface area contributed by atoms with Gasteiger partial charge < -0.3 is 9.64 Å². The number of hydrogen-bond acceptors (Lipinski definition) is 4. The van der Waals surface area contributed by atoms with Crippen molar-refractivity contribution in [3.05, 3.63) is 65.2 Å². The lowest BCUT2D eigenvalue weighted by molar-refractivity contribution is -0.142. The number of carbonyl (C=O) groups is 2. The van der Waals surface area contributed by atoms with Gasteiger partial charge in [0.25, 0.3) is 0 Å². The van der Waals surface area contributed by atoms with E-state index in [1.54, 1.807) is 19.1 Å². The van der Waals surface area contributed by atoms with Gasteiger partial charge in [0, 0.05) is 17.3 Å². The lowest BCUT2D eigenvalue weighted by atomic mass is 10.2. The molecule has 0 aliphatic heterocycles. The highest BCUT2D eigenvalue weighted by Gasteiger charge is 2.21. The third-order valence-electron chi connectivity index (χ3n) is 3.76. The molecule has 0 saturated heterocycles. The summed E-state index contributed by atoms with van der Waals surface area (Å²) in [6.45, 7) is 2.59. The van der Waals surface area contributed by atoms with Crippen molar-refractivity contribution < 1.29 is 14.3 Å². The Morgan fingerprint density at radius 3 is 2.31 bits per heavy atom. The van der Waals surface area contributed by atoms with Crippen molar-refractivity contribution in [3.63, 3.8) is 0 Å². The Hall–Kier alpha value is -2.37. The highest BCUT2D eigenvalue weighted by Crippen LogP contribution is 2.17. The van der Waals surface area contributed by atoms with Gasteiger partial charge in [-0.05, 0) is 37.7 Å². The topological polar surface area (TPSA) is 49.9 Å². The molecule has 138 valence electrons. The summed E-state index contributed by atoms with van der Waals surface area (Å²) in [5.74, 6) is -0.614. The van der Waals surface area contributed by atoms with Crippen molar-refractivity contribution in [3.8, 4) is 0 Å². The average molecular weight is 375 g/mol. The van der Waals surface area contributed by atoms with Crippen molar-refractivity contribution in [2.24, 2.45) is 0 Å². The first kappa shape index (κ1) is 19.9. The molecule has 5 nitrogen and oxygen atoms in total. The van der Waals surface area contributed by atoms with E-state index in [1.807, 2.05) is 54.4 Å². The second kappa shape index (κ2) is 9.94. The summed E-state index contributed by atoms with van der Waals surface area (Å²) in [5.41, 5.74) is 1.61. The Kier molecular flexibility index (Phi) is 7.63. The van der Waals surface area contributed by atoms with Crippen molar-refractivity contribution >= 4 is 29.2 Å². The van der Waals surface area contributed by atoms with Crippen LogP contribution >= 0.6 is 11.6 Å². The predicted molar refractivity (Wildman–Crippen MR) is 103 cm³/mol. The minimum Gasteiger partial charge on any atom is -0.465 e. The van der Waals surface area contributed by atoms with Crippen LogP contribution in [0.3, 0.4) is 0 Å². The minimum atomic E-state index is -0.432. The van der Waals surface area contributed by atoms with Crippen LogP contribution in [-0.4, -0.2) is 43.5 Å². The minimum absolute atomic E-state index is 0.114. The molecule has 0 aliphatic rings. The number of amides is 1. The smallest absolute Gasteiger partial charge is 0.326 e. The van der Waals surface area contributed by atoms with Crippen LogP contribution in [0.15, 0.2) is 54.6 Å². The van der Waals surface area contributed by atoms with E-state index in [-0.39, 0.29) is 25.6 Å². The van der Waals surface area contributed by atoms with Gasteiger partial charge in [-0.25, -0.2) is 0 Å². The van der Waals surface area contributed by atoms with Crippen molar-refractivity contribution in [2.45, 2.75) is 13.5 Å². The second-order valence-electron chi connectivity index (χ2n) is 5.88. The number of esters is 1. The summed E-state index contributed by atoms with van der Waals surface area (Å²) in [4.78, 5) is 28.0. The molecule has 0 N–H and O–H groups in total. The van der Waals surface area contributed by atoms with Gasteiger partial charge in [0.15, 0.2) is 0 Å². The van der Waals surface area contributed by atoms with Crippen molar-refractivity contribution in [1.29, 1.82) is 0 Å². The van der Waals surface area contributed by atoms with Crippen LogP contribution in [-0.2, 0) is 20.9 Å². The second-order valence-corrected chi connectivity index (χ2v) is 6.29. The maximum atomic E-state index is 12.8. The van der Waals surface area contributed by atoms with Crippen molar-refractivity contribution in [1.82, 2.24) is 4.90 Å². The number of carbonyl (C=O) groups excluding carboxylic acids is 2. The van der Waals surface area contributed by atoms with Gasteiger partial charge in [0.2, 0.25) is 5.91 Å². The van der Waals surface area contributed by atoms with Gasteiger partial charge >= 0.3 is 5.97 Å². The molecule has 0 radical (unpaired) electrons. The lowest BCUT2D eigenvalue weighted by Gasteiger charge is -2.25. The zero-order valence-corrected chi connectivity index (χ0v) is 15.8. The zero-order valence-electron chi connectivity index (χ0n) is 15.0. The van der Waals surface area contributed by atoms with Gasteiger partial charge in [-0.15, -0.1) is 0 Å². The summed E-state index contributed by atoms with van der Waals surface area (Å²) in [5, 5.41) is 0.665. The third kappa shape index (κ3) is 5.86. The van der Waals surface area contributed by atoms with Gasteiger partial charge in [0.05, 0.1) is 13.2 Å². The fraction of sp³-hybridized carbons (Fsp3) is 0.300. The van der Waals surface area contributed by atoms with Gasteiger partial charge in [-0.3, -0.25) is 14.5 Å². The first-order valence-corrected chi connectivity index (χ1v) is 8.82. The van der Waals surface area contributed by atoms with Crippen LogP contribution in [0.2, 0.25) is 5.02 Å². The van der Waals surface area contributed by atoms with Gasteiger partial charge in [-0.2, -0.15) is 0 Å². The molecular weight excluding hydrogens is 352 g/mol. The summed E-state index contributed by atoms with van der Waals surface area (Å²) in [7, 11) is 1.84. The van der Waals surface area contributed by atoms with E-state index in [0.29, 0.717) is 17.3 Å². The summed E-state index contributed by atoms with van der Waals surface area (Å²) in [6, 6.07) is 16.6. The van der Waals surface area contributed by atoms with E-state index in [4.69, 9.17) is 16.3 Å². The normalized spacial score (nSPS) is 10.6. The molecule has 26 heavy (non-hydrogen) atoms. The zero-order chi connectivity index (χ0) is 18.9. The molecule has 0 aliphatic carbocycles. The maximum absolute atomic E-state index is 12.8. The summed E-state index contributed by atoms with van der Waals surface area (Å²) < 4.78 is 5.00. The van der Waals surface area contributed by atoms with E-state index in [2.05, 4.69) is 0 Å². The highest BCUT2D eigenvalue weighted by molar-refractivity contribution is 6.31. The number of halogens is 1. The van der Waals surface area contributed by atoms with Gasteiger partial charge in [0.1, 0.15) is 6.54 Å². The molecule has 0 atom stereocenters. The van der Waals surface area contributed by atoms with Crippen LogP contribution < -0.4 is 4.90 Å². The van der Waals surface area contributed by atoms with Crippen LogP contribution in [0, 0.1) is 0 Å². The molecule has 2 rings (SSSR count). The standard InChI is InChI=1S/C20H23ClN2O3/c1-3-26-20(25)15-23(17-10-5-4-6-11-17)19(24)14-22(2)13-16-9-7-8-12-18(16)21/h4-12H,3,13-15H2,1-2H3. The molecule has 0 saturated carbocycles. The Balaban J connectivity index is 2.08. The van der Waals surface area contributed by atoms with Crippen LogP contribution in [0.25, 0.3) is 0 Å². The number of hydrogen-bond donors (Lipinski definition) is 0. The molecule has 6 heteroatoms. The largest absolute Gasteiger partial charge is 0.465 e. The SMILES string of the molecule is CCOC(=O)CN(C(=O)CN(C)Cc1ccccc1Cl)c1ccccc1. The van der Waals surface area contributed by atoms with Crippen LogP contribution in [0.1, 0.15) is 12.5 Å². The Labute approximate surface area is 159 Å². The first-order valence-electron chi connectivity index (χ1n) is 8.44. The number of ether oxygens (including phenoxy) is 1. The number of benzene rings is 2. The maximum Gasteiger partial charge on any atom is 0.326 e. The van der Waals surface area contributed by atoms with Crippen LogP contribution in [0.5, 0.6) is 0 Å².